The van der Waals surface area contributed by atoms with Crippen LogP contribution in [0, 0.1) is 5.82 Å². The van der Waals surface area contributed by atoms with E-state index in [1.165, 1.54) is 12.1 Å². The van der Waals surface area contributed by atoms with Crippen LogP contribution >= 0.6 is 15.9 Å². The number of hydrogen-bond acceptors (Lipinski definition) is 4. The summed E-state index contributed by atoms with van der Waals surface area (Å²) in [7, 11) is 0. The van der Waals surface area contributed by atoms with Crippen LogP contribution in [-0.2, 0) is 5.41 Å². The minimum Gasteiger partial charge on any atom is -0.338 e. The normalized spacial score (nSPS) is 17.6. The second-order valence-corrected chi connectivity index (χ2v) is 6.09. The van der Waals surface area contributed by atoms with Gasteiger partial charge in [0, 0.05) is 16.6 Å². The van der Waals surface area contributed by atoms with E-state index in [2.05, 4.69) is 26.1 Å². The third-order valence-corrected chi connectivity index (χ3v) is 4.66. The first-order valence-corrected chi connectivity index (χ1v) is 7.44. The Bertz CT molecular complexity index is 623. The van der Waals surface area contributed by atoms with Crippen molar-refractivity contribution in [1.29, 1.82) is 0 Å². The summed E-state index contributed by atoms with van der Waals surface area (Å²) in [5, 5.41) is 4.02. The van der Waals surface area contributed by atoms with Crippen molar-refractivity contribution in [1.82, 2.24) is 10.1 Å². The molecule has 1 aliphatic rings. The molecule has 0 spiro atoms. The molecule has 1 aromatic heterocycles. The van der Waals surface area contributed by atoms with Crippen LogP contribution in [-0.4, -0.2) is 16.7 Å². The third-order valence-electron chi connectivity index (χ3n) is 4.00. The molecular weight excluding hydrogens is 325 g/mol. The standard InChI is InChI=1S/C14H15BrFN3O/c15-11-7-9(16)3-4-10(11)12-18-13(20-19-12)14(8-17)5-1-2-6-14/h3-4,7H,1-2,5-6,8,17H2. The van der Waals surface area contributed by atoms with Crippen LogP contribution in [0.3, 0.4) is 0 Å². The first-order valence-electron chi connectivity index (χ1n) is 6.64. The van der Waals surface area contributed by atoms with Crippen molar-refractivity contribution in [2.45, 2.75) is 31.1 Å². The fourth-order valence-electron chi connectivity index (χ4n) is 2.78. The van der Waals surface area contributed by atoms with Gasteiger partial charge >= 0.3 is 0 Å². The summed E-state index contributed by atoms with van der Waals surface area (Å²) < 4.78 is 19.2. The Morgan fingerprint density at radius 1 is 1.35 bits per heavy atom. The predicted molar refractivity (Wildman–Crippen MR) is 76.6 cm³/mol. The molecule has 6 heteroatoms. The van der Waals surface area contributed by atoms with Gasteiger partial charge in [0.25, 0.3) is 0 Å². The number of nitrogens with zero attached hydrogens (tertiary/aromatic N) is 2. The Hall–Kier alpha value is -1.27. The molecule has 0 bridgehead atoms. The summed E-state index contributed by atoms with van der Waals surface area (Å²) in [5.41, 5.74) is 6.44. The SMILES string of the molecule is NCC1(c2nc(-c3ccc(F)cc3Br)no2)CCCC1. The van der Waals surface area contributed by atoms with Gasteiger partial charge in [-0.1, -0.05) is 18.0 Å². The maximum atomic E-state index is 13.1. The van der Waals surface area contributed by atoms with E-state index in [9.17, 15) is 4.39 Å². The van der Waals surface area contributed by atoms with E-state index in [1.54, 1.807) is 6.07 Å². The average Bonchev–Trinajstić information content (AvgIpc) is 3.08. The van der Waals surface area contributed by atoms with Crippen LogP contribution in [0.2, 0.25) is 0 Å². The van der Waals surface area contributed by atoms with E-state index in [0.29, 0.717) is 28.3 Å². The van der Waals surface area contributed by atoms with Crippen LogP contribution in [0.25, 0.3) is 11.4 Å². The van der Waals surface area contributed by atoms with Crippen molar-refractivity contribution in [3.63, 3.8) is 0 Å². The topological polar surface area (TPSA) is 64.9 Å². The minimum absolute atomic E-state index is 0.183. The van der Waals surface area contributed by atoms with Gasteiger partial charge in [-0.05, 0) is 47.0 Å². The number of rotatable bonds is 3. The number of benzene rings is 1. The van der Waals surface area contributed by atoms with Gasteiger partial charge in [0.05, 0.1) is 5.41 Å². The van der Waals surface area contributed by atoms with E-state index in [-0.39, 0.29) is 11.2 Å². The van der Waals surface area contributed by atoms with Crippen molar-refractivity contribution in [3.05, 3.63) is 34.4 Å². The van der Waals surface area contributed by atoms with Crippen LogP contribution in [0.1, 0.15) is 31.6 Å². The van der Waals surface area contributed by atoms with Gasteiger partial charge in [0.15, 0.2) is 0 Å². The van der Waals surface area contributed by atoms with Gasteiger partial charge in [-0.25, -0.2) is 4.39 Å². The average molecular weight is 340 g/mol. The number of aromatic nitrogens is 2. The monoisotopic (exact) mass is 339 g/mol. The molecule has 0 unspecified atom stereocenters. The van der Waals surface area contributed by atoms with Gasteiger partial charge in [0.2, 0.25) is 11.7 Å². The van der Waals surface area contributed by atoms with Crippen LogP contribution in [0.4, 0.5) is 4.39 Å². The molecule has 2 aromatic rings. The molecular formula is C14H15BrFN3O. The van der Waals surface area contributed by atoms with Crippen molar-refractivity contribution >= 4 is 15.9 Å². The zero-order chi connectivity index (χ0) is 14.2. The molecule has 1 fully saturated rings. The largest absolute Gasteiger partial charge is 0.338 e. The molecule has 20 heavy (non-hydrogen) atoms. The highest BCUT2D eigenvalue weighted by Gasteiger charge is 2.39. The van der Waals surface area contributed by atoms with E-state index in [0.717, 1.165) is 25.7 Å². The van der Waals surface area contributed by atoms with Gasteiger partial charge in [-0.2, -0.15) is 4.98 Å². The molecule has 1 heterocycles. The highest BCUT2D eigenvalue weighted by molar-refractivity contribution is 9.10. The minimum atomic E-state index is -0.307. The molecule has 0 atom stereocenters. The van der Waals surface area contributed by atoms with Gasteiger partial charge in [-0.15, -0.1) is 0 Å². The van der Waals surface area contributed by atoms with Crippen molar-refractivity contribution in [2.75, 3.05) is 6.54 Å². The highest BCUT2D eigenvalue weighted by atomic mass is 79.9. The first kappa shape index (κ1) is 13.7. The molecule has 1 saturated carbocycles. The summed E-state index contributed by atoms with van der Waals surface area (Å²) in [5.74, 6) is 0.758. The second-order valence-electron chi connectivity index (χ2n) is 5.24. The lowest BCUT2D eigenvalue weighted by Gasteiger charge is -2.21. The molecule has 1 aliphatic carbocycles. The Labute approximate surface area is 124 Å². The Balaban J connectivity index is 1.97. The van der Waals surface area contributed by atoms with E-state index >= 15 is 0 Å². The molecule has 0 radical (unpaired) electrons. The molecule has 1 aromatic carbocycles. The molecule has 0 aliphatic heterocycles. The maximum absolute atomic E-state index is 13.1. The van der Waals surface area contributed by atoms with E-state index in [4.69, 9.17) is 10.3 Å². The fourth-order valence-corrected chi connectivity index (χ4v) is 3.30. The number of hydrogen-bond donors (Lipinski definition) is 1. The summed E-state index contributed by atoms with van der Waals surface area (Å²) in [6, 6.07) is 4.40. The van der Waals surface area contributed by atoms with E-state index in [1.807, 2.05) is 0 Å². The maximum Gasteiger partial charge on any atom is 0.234 e. The lowest BCUT2D eigenvalue weighted by Crippen LogP contribution is -2.32. The highest BCUT2D eigenvalue weighted by Crippen LogP contribution is 2.40. The summed E-state index contributed by atoms with van der Waals surface area (Å²) >= 11 is 3.32. The van der Waals surface area contributed by atoms with Crippen molar-refractivity contribution in [2.24, 2.45) is 5.73 Å². The Morgan fingerprint density at radius 3 is 2.75 bits per heavy atom. The quantitative estimate of drug-likeness (QED) is 0.930. The number of nitrogens with two attached hydrogens (primary N) is 1. The lowest BCUT2D eigenvalue weighted by atomic mass is 9.86. The predicted octanol–water partition coefficient (Wildman–Crippen LogP) is 3.41. The van der Waals surface area contributed by atoms with Crippen LogP contribution in [0.15, 0.2) is 27.2 Å². The van der Waals surface area contributed by atoms with Crippen molar-refractivity contribution < 1.29 is 8.91 Å². The molecule has 0 amide bonds. The summed E-state index contributed by atoms with van der Waals surface area (Å²) in [4.78, 5) is 4.49. The fraction of sp³-hybridized carbons (Fsp3) is 0.429. The smallest absolute Gasteiger partial charge is 0.234 e. The van der Waals surface area contributed by atoms with Gasteiger partial charge < -0.3 is 10.3 Å². The molecule has 2 N–H and O–H groups in total. The first-order chi connectivity index (χ1) is 9.64. The Kier molecular flexibility index (Phi) is 3.60. The van der Waals surface area contributed by atoms with Crippen LogP contribution in [0.5, 0.6) is 0 Å². The zero-order valence-electron chi connectivity index (χ0n) is 10.9. The summed E-state index contributed by atoms with van der Waals surface area (Å²) in [6.07, 6.45) is 4.23. The van der Waals surface area contributed by atoms with E-state index < -0.39 is 0 Å². The molecule has 106 valence electrons. The number of halogens is 2. The van der Waals surface area contributed by atoms with Gasteiger partial charge in [-0.3, -0.25) is 0 Å². The lowest BCUT2D eigenvalue weighted by molar-refractivity contribution is 0.284. The van der Waals surface area contributed by atoms with Crippen molar-refractivity contribution in [3.8, 4) is 11.4 Å². The molecule has 4 nitrogen and oxygen atoms in total. The van der Waals surface area contributed by atoms with Gasteiger partial charge in [0.1, 0.15) is 5.82 Å². The molecule has 3 rings (SSSR count). The van der Waals surface area contributed by atoms with Crippen LogP contribution < -0.4 is 5.73 Å². The second kappa shape index (κ2) is 5.26. The Morgan fingerprint density at radius 2 is 2.10 bits per heavy atom. The molecule has 0 saturated heterocycles. The summed E-state index contributed by atoms with van der Waals surface area (Å²) in [6.45, 7) is 0.513. The third kappa shape index (κ3) is 2.27. The zero-order valence-corrected chi connectivity index (χ0v) is 12.5.